The van der Waals surface area contributed by atoms with Crippen LogP contribution in [0.3, 0.4) is 0 Å². The molecular weight excluding hydrogens is 182 g/mol. The summed E-state index contributed by atoms with van der Waals surface area (Å²) in [5.41, 5.74) is 0. The van der Waals surface area contributed by atoms with Crippen LogP contribution in [0.25, 0.3) is 0 Å². The van der Waals surface area contributed by atoms with E-state index in [0.717, 1.165) is 26.3 Å². The van der Waals surface area contributed by atoms with E-state index in [-0.39, 0.29) is 12.5 Å². The Balaban J connectivity index is 2.51. The fourth-order valence-corrected chi connectivity index (χ4v) is 1.87. The zero-order valence-corrected chi connectivity index (χ0v) is 8.90. The monoisotopic (exact) mass is 201 g/mol. The van der Waals surface area contributed by atoms with E-state index >= 15 is 0 Å². The lowest BCUT2D eigenvalue weighted by Gasteiger charge is -2.35. The van der Waals surface area contributed by atoms with E-state index in [4.69, 9.17) is 9.84 Å². The molecule has 0 spiro atoms. The van der Waals surface area contributed by atoms with Gasteiger partial charge in [-0.2, -0.15) is 0 Å². The van der Waals surface area contributed by atoms with Crippen molar-refractivity contribution in [2.75, 3.05) is 26.3 Å². The molecule has 0 aliphatic carbocycles. The first-order chi connectivity index (χ1) is 6.61. The normalized spacial score (nSPS) is 21.1. The number of carboxylic acids is 1. The maximum absolute atomic E-state index is 10.7. The summed E-state index contributed by atoms with van der Waals surface area (Å²) < 4.78 is 5.25. The Morgan fingerprint density at radius 2 is 2.00 bits per heavy atom. The van der Waals surface area contributed by atoms with Crippen LogP contribution in [-0.2, 0) is 9.53 Å². The van der Waals surface area contributed by atoms with Gasteiger partial charge in [0.25, 0.3) is 0 Å². The van der Waals surface area contributed by atoms with Crippen molar-refractivity contribution in [3.63, 3.8) is 0 Å². The molecule has 1 N–H and O–H groups in total. The minimum absolute atomic E-state index is 0.149. The van der Waals surface area contributed by atoms with Gasteiger partial charge in [0.2, 0.25) is 0 Å². The van der Waals surface area contributed by atoms with Crippen molar-refractivity contribution in [1.29, 1.82) is 0 Å². The van der Waals surface area contributed by atoms with Crippen molar-refractivity contribution >= 4 is 5.97 Å². The second kappa shape index (κ2) is 5.32. The molecule has 1 heterocycles. The van der Waals surface area contributed by atoms with E-state index in [1.54, 1.807) is 0 Å². The number of nitrogens with zero attached hydrogens (tertiary/aromatic N) is 1. The Kier molecular flexibility index (Phi) is 4.35. The van der Waals surface area contributed by atoms with Crippen LogP contribution in [0, 0.1) is 5.92 Å². The molecule has 0 aromatic carbocycles. The molecule has 0 aromatic rings. The van der Waals surface area contributed by atoms with E-state index < -0.39 is 5.97 Å². The molecule has 0 radical (unpaired) electrons. The lowest BCUT2D eigenvalue weighted by atomic mass is 9.99. The van der Waals surface area contributed by atoms with Gasteiger partial charge in [0.05, 0.1) is 19.6 Å². The molecule has 1 rings (SSSR count). The molecule has 1 atom stereocenters. The minimum Gasteiger partial charge on any atom is -0.481 e. The van der Waals surface area contributed by atoms with Crippen LogP contribution >= 0.6 is 0 Å². The summed E-state index contributed by atoms with van der Waals surface area (Å²) in [7, 11) is 0. The summed E-state index contributed by atoms with van der Waals surface area (Å²) in [6.07, 6.45) is 0.234. The number of aliphatic carboxylic acids is 1. The van der Waals surface area contributed by atoms with Gasteiger partial charge in [0.1, 0.15) is 0 Å². The quantitative estimate of drug-likeness (QED) is 0.731. The van der Waals surface area contributed by atoms with Gasteiger partial charge in [-0.1, -0.05) is 13.8 Å². The molecule has 4 heteroatoms. The molecule has 1 unspecified atom stereocenters. The highest BCUT2D eigenvalue weighted by Gasteiger charge is 2.25. The van der Waals surface area contributed by atoms with Crippen molar-refractivity contribution in [2.24, 2.45) is 5.92 Å². The van der Waals surface area contributed by atoms with Crippen molar-refractivity contribution in [3.05, 3.63) is 0 Å². The highest BCUT2D eigenvalue weighted by Crippen LogP contribution is 2.16. The number of morpholine rings is 1. The Labute approximate surface area is 84.8 Å². The molecule has 0 bridgehead atoms. The van der Waals surface area contributed by atoms with Crippen LogP contribution in [0.5, 0.6) is 0 Å². The molecule has 1 aliphatic heterocycles. The predicted octanol–water partition coefficient (Wildman–Crippen LogP) is 0.818. The average molecular weight is 201 g/mol. The molecule has 14 heavy (non-hydrogen) atoms. The topological polar surface area (TPSA) is 49.8 Å². The van der Waals surface area contributed by atoms with Crippen molar-refractivity contribution in [2.45, 2.75) is 26.3 Å². The summed E-state index contributed by atoms with van der Waals surface area (Å²) in [4.78, 5) is 12.9. The molecule has 4 nitrogen and oxygen atoms in total. The minimum atomic E-state index is -0.713. The van der Waals surface area contributed by atoms with Crippen molar-refractivity contribution < 1.29 is 14.6 Å². The Morgan fingerprint density at radius 3 is 2.43 bits per heavy atom. The number of ether oxygens (including phenoxy) is 1. The van der Waals surface area contributed by atoms with Crippen LogP contribution < -0.4 is 0 Å². The molecule has 1 aliphatic rings. The lowest BCUT2D eigenvalue weighted by molar-refractivity contribution is -0.139. The highest BCUT2D eigenvalue weighted by molar-refractivity contribution is 5.67. The van der Waals surface area contributed by atoms with Gasteiger partial charge in [0, 0.05) is 19.1 Å². The van der Waals surface area contributed by atoms with Crippen molar-refractivity contribution in [3.8, 4) is 0 Å². The van der Waals surface area contributed by atoms with Crippen LogP contribution in [0.2, 0.25) is 0 Å². The maximum Gasteiger partial charge on any atom is 0.304 e. The van der Waals surface area contributed by atoms with Gasteiger partial charge in [-0.3, -0.25) is 9.69 Å². The van der Waals surface area contributed by atoms with E-state index in [0.29, 0.717) is 5.92 Å². The van der Waals surface area contributed by atoms with Gasteiger partial charge in [-0.05, 0) is 5.92 Å². The SMILES string of the molecule is CC(C)C(CC(=O)O)N1CCOCC1. The van der Waals surface area contributed by atoms with E-state index in [9.17, 15) is 4.79 Å². The summed E-state index contributed by atoms with van der Waals surface area (Å²) >= 11 is 0. The third-order valence-corrected chi connectivity index (χ3v) is 2.67. The first-order valence-electron chi connectivity index (χ1n) is 5.15. The van der Waals surface area contributed by atoms with Crippen LogP contribution in [-0.4, -0.2) is 48.3 Å². The van der Waals surface area contributed by atoms with Gasteiger partial charge in [-0.25, -0.2) is 0 Å². The number of carbonyl (C=O) groups is 1. The predicted molar refractivity (Wildman–Crippen MR) is 53.3 cm³/mol. The third-order valence-electron chi connectivity index (χ3n) is 2.67. The molecular formula is C10H19NO3. The summed E-state index contributed by atoms with van der Waals surface area (Å²) in [5, 5.41) is 8.81. The Hall–Kier alpha value is -0.610. The summed E-state index contributed by atoms with van der Waals surface area (Å²) in [6.45, 7) is 7.31. The lowest BCUT2D eigenvalue weighted by Crippen LogP contribution is -2.46. The summed E-state index contributed by atoms with van der Waals surface area (Å²) in [6, 6.07) is 0.149. The zero-order chi connectivity index (χ0) is 10.6. The first kappa shape index (κ1) is 11.5. The Morgan fingerprint density at radius 1 is 1.43 bits per heavy atom. The van der Waals surface area contributed by atoms with Gasteiger partial charge < -0.3 is 9.84 Å². The molecule has 0 amide bonds. The van der Waals surface area contributed by atoms with E-state index in [1.165, 1.54) is 0 Å². The molecule has 1 fully saturated rings. The summed E-state index contributed by atoms with van der Waals surface area (Å²) in [5.74, 6) is -0.334. The number of carboxylic acid groups (broad SMARTS) is 1. The van der Waals surface area contributed by atoms with Crippen molar-refractivity contribution in [1.82, 2.24) is 4.90 Å². The Bertz CT molecular complexity index is 188. The number of rotatable bonds is 4. The second-order valence-electron chi connectivity index (χ2n) is 4.06. The average Bonchev–Trinajstić information content (AvgIpc) is 2.15. The first-order valence-corrected chi connectivity index (χ1v) is 5.15. The number of hydrogen-bond donors (Lipinski definition) is 1. The molecule has 0 aromatic heterocycles. The van der Waals surface area contributed by atoms with Crippen LogP contribution in [0.15, 0.2) is 0 Å². The molecule has 1 saturated heterocycles. The standard InChI is InChI=1S/C10H19NO3/c1-8(2)9(7-10(12)13)11-3-5-14-6-4-11/h8-9H,3-7H2,1-2H3,(H,12,13). The smallest absolute Gasteiger partial charge is 0.304 e. The second-order valence-corrected chi connectivity index (χ2v) is 4.06. The van der Waals surface area contributed by atoms with Gasteiger partial charge in [0.15, 0.2) is 0 Å². The van der Waals surface area contributed by atoms with Crippen LogP contribution in [0.4, 0.5) is 0 Å². The van der Waals surface area contributed by atoms with E-state index in [1.807, 2.05) is 0 Å². The van der Waals surface area contributed by atoms with Gasteiger partial charge in [-0.15, -0.1) is 0 Å². The van der Waals surface area contributed by atoms with Crippen LogP contribution in [0.1, 0.15) is 20.3 Å². The number of hydrogen-bond acceptors (Lipinski definition) is 3. The largest absolute Gasteiger partial charge is 0.481 e. The molecule has 82 valence electrons. The zero-order valence-electron chi connectivity index (χ0n) is 8.90. The van der Waals surface area contributed by atoms with Gasteiger partial charge >= 0.3 is 5.97 Å². The van der Waals surface area contributed by atoms with E-state index in [2.05, 4.69) is 18.7 Å². The molecule has 0 saturated carbocycles. The highest BCUT2D eigenvalue weighted by atomic mass is 16.5. The maximum atomic E-state index is 10.7. The third kappa shape index (κ3) is 3.27. The fourth-order valence-electron chi connectivity index (χ4n) is 1.87. The fraction of sp³-hybridized carbons (Fsp3) is 0.900.